The molecule has 8 heavy (non-hydrogen) atoms. The Balaban J connectivity index is 0.000000490. The number of carbonyl (C=O) groups excluding carboxylic acids is 2. The Labute approximate surface area is 72.1 Å². The molecule has 41 valence electrons. The van der Waals surface area contributed by atoms with Gasteiger partial charge in [-0.05, 0) is 12.8 Å². The quantitative estimate of drug-likeness (QED) is 0.508. The van der Waals surface area contributed by atoms with Crippen LogP contribution in [-0.2, 0) is 42.3 Å². The monoisotopic (exact) mass is 187 g/mol. The van der Waals surface area contributed by atoms with Crippen molar-refractivity contribution in [1.29, 1.82) is 0 Å². The molecule has 0 aromatic carbocycles. The second kappa shape index (κ2) is 3.31. The summed E-state index contributed by atoms with van der Waals surface area (Å²) < 4.78 is 0. The first kappa shape index (κ1) is 8.24. The van der Waals surface area contributed by atoms with E-state index < -0.39 is 0 Å². The van der Waals surface area contributed by atoms with Crippen LogP contribution >= 0.6 is 0 Å². The molecule has 0 spiro atoms. The summed E-state index contributed by atoms with van der Waals surface area (Å²) in [5.41, 5.74) is 0. The summed E-state index contributed by atoms with van der Waals surface area (Å²) >= 11 is 0. The number of hydrogen-bond donors (Lipinski definition) is 0. The molecule has 2 amide bonds. The Hall–Kier alpha value is 0.244. The van der Waals surface area contributed by atoms with E-state index >= 15 is 0 Å². The van der Waals surface area contributed by atoms with Crippen molar-refractivity contribution in [2.45, 2.75) is 12.8 Å². The molecule has 1 aliphatic rings. The van der Waals surface area contributed by atoms with Gasteiger partial charge in [0.25, 0.3) is 0 Å². The number of carbonyl (C=O) groups is 2. The third kappa shape index (κ3) is 2.01. The van der Waals surface area contributed by atoms with Crippen LogP contribution < -0.4 is 0 Å². The molecular weight excluding hydrogens is 183 g/mol. The van der Waals surface area contributed by atoms with Gasteiger partial charge in [-0.15, -0.1) is 0 Å². The van der Waals surface area contributed by atoms with Gasteiger partial charge in [-0.3, -0.25) is 0 Å². The van der Waals surface area contributed by atoms with Crippen LogP contribution in [0.15, 0.2) is 0 Å². The van der Waals surface area contributed by atoms with Crippen LogP contribution in [-0.4, -0.2) is 11.8 Å². The van der Waals surface area contributed by atoms with Crippen LogP contribution in [0.4, 0.5) is 0 Å². The van der Waals surface area contributed by atoms with E-state index in [0.29, 0.717) is 12.8 Å². The first-order valence-corrected chi connectivity index (χ1v) is 2.06. The van der Waals surface area contributed by atoms with Crippen molar-refractivity contribution in [3.05, 3.63) is 5.32 Å². The number of amides is 2. The molecule has 1 fully saturated rings. The third-order valence-electron chi connectivity index (χ3n) is 0.802. The van der Waals surface area contributed by atoms with E-state index in [-0.39, 0.29) is 44.5 Å². The fraction of sp³-hybridized carbons (Fsp3) is 0.500. The molecule has 0 aromatic heterocycles. The first-order valence-electron chi connectivity index (χ1n) is 2.06. The molecule has 0 aromatic rings. The van der Waals surface area contributed by atoms with E-state index in [1.54, 1.807) is 0 Å². The van der Waals surface area contributed by atoms with Gasteiger partial charge >= 0.3 is 0 Å². The van der Waals surface area contributed by atoms with Crippen LogP contribution in [0.1, 0.15) is 12.8 Å². The maximum Gasteiger partial charge on any atom is 0.0568 e. The molecule has 0 aliphatic carbocycles. The molecular formula is C4H4NO2Y-. The van der Waals surface area contributed by atoms with Gasteiger partial charge in [-0.2, -0.15) is 0 Å². The zero-order chi connectivity index (χ0) is 5.28. The zero-order valence-electron chi connectivity index (χ0n) is 4.26. The maximum atomic E-state index is 10.1. The van der Waals surface area contributed by atoms with Gasteiger partial charge in [0.2, 0.25) is 0 Å². The SMILES string of the molecule is O=C1CCC(=O)[N-]1.[Y]. The van der Waals surface area contributed by atoms with E-state index in [1.165, 1.54) is 0 Å². The summed E-state index contributed by atoms with van der Waals surface area (Å²) in [5, 5.41) is 3.11. The second-order valence-corrected chi connectivity index (χ2v) is 1.40. The van der Waals surface area contributed by atoms with Crippen LogP contribution in [0, 0.1) is 0 Å². The summed E-state index contributed by atoms with van der Waals surface area (Å²) in [6.07, 6.45) is 0.637. The van der Waals surface area contributed by atoms with Gasteiger partial charge in [-0.1, -0.05) is 0 Å². The van der Waals surface area contributed by atoms with E-state index in [1.807, 2.05) is 0 Å². The fourth-order valence-electron chi connectivity index (χ4n) is 0.465. The van der Waals surface area contributed by atoms with Crippen LogP contribution in [0.25, 0.3) is 5.32 Å². The van der Waals surface area contributed by atoms with Crippen LogP contribution in [0.5, 0.6) is 0 Å². The normalized spacial score (nSPS) is 17.5. The minimum absolute atomic E-state index is 0. The van der Waals surface area contributed by atoms with Crippen molar-refractivity contribution in [3.63, 3.8) is 0 Å². The van der Waals surface area contributed by atoms with Crippen molar-refractivity contribution in [2.75, 3.05) is 0 Å². The smallest absolute Gasteiger partial charge is 0.0568 e. The average Bonchev–Trinajstić information content (AvgIpc) is 1.87. The minimum atomic E-state index is -0.273. The van der Waals surface area contributed by atoms with E-state index in [2.05, 4.69) is 5.32 Å². The summed E-state index contributed by atoms with van der Waals surface area (Å²) in [6, 6.07) is 0. The number of rotatable bonds is 0. The van der Waals surface area contributed by atoms with Crippen molar-refractivity contribution in [2.24, 2.45) is 0 Å². The second-order valence-electron chi connectivity index (χ2n) is 1.40. The molecule has 0 saturated carbocycles. The molecule has 0 atom stereocenters. The van der Waals surface area contributed by atoms with E-state index in [4.69, 9.17) is 0 Å². The molecule has 1 heterocycles. The Morgan fingerprint density at radius 3 is 1.62 bits per heavy atom. The predicted molar refractivity (Wildman–Crippen MR) is 22.6 cm³/mol. The number of hydrogen-bond acceptors (Lipinski definition) is 2. The largest absolute Gasteiger partial charge is 0.596 e. The summed E-state index contributed by atoms with van der Waals surface area (Å²) in [5.74, 6) is -0.546. The van der Waals surface area contributed by atoms with Crippen LogP contribution in [0.3, 0.4) is 0 Å². The molecule has 1 aliphatic heterocycles. The molecule has 1 radical (unpaired) electrons. The molecule has 1 saturated heterocycles. The summed E-state index contributed by atoms with van der Waals surface area (Å²) in [6.45, 7) is 0. The molecule has 0 N–H and O–H groups in total. The van der Waals surface area contributed by atoms with Crippen molar-refractivity contribution in [3.8, 4) is 0 Å². The first-order chi connectivity index (χ1) is 3.29. The molecule has 0 unspecified atom stereocenters. The molecule has 0 bridgehead atoms. The number of imide groups is 1. The van der Waals surface area contributed by atoms with Gasteiger partial charge in [0, 0.05) is 32.7 Å². The maximum absolute atomic E-state index is 10.1. The Morgan fingerprint density at radius 2 is 1.50 bits per heavy atom. The molecule has 3 nitrogen and oxygen atoms in total. The Bertz CT molecular complexity index is 109. The topological polar surface area (TPSA) is 48.2 Å². The molecule has 4 heteroatoms. The van der Waals surface area contributed by atoms with Gasteiger partial charge in [0.15, 0.2) is 0 Å². The minimum Gasteiger partial charge on any atom is -0.596 e. The third-order valence-corrected chi connectivity index (χ3v) is 0.802. The Kier molecular flexibility index (Phi) is 3.41. The van der Waals surface area contributed by atoms with E-state index in [9.17, 15) is 9.59 Å². The number of nitrogens with zero attached hydrogens (tertiary/aromatic N) is 1. The van der Waals surface area contributed by atoms with Crippen LogP contribution in [0.2, 0.25) is 0 Å². The summed E-state index contributed by atoms with van der Waals surface area (Å²) in [4.78, 5) is 20.1. The predicted octanol–water partition coefficient (Wildman–Crippen LogP) is 0.205. The van der Waals surface area contributed by atoms with Crippen molar-refractivity contribution >= 4 is 11.8 Å². The Morgan fingerprint density at radius 1 is 1.12 bits per heavy atom. The van der Waals surface area contributed by atoms with Gasteiger partial charge in [0.05, 0.1) is 11.8 Å². The fourth-order valence-corrected chi connectivity index (χ4v) is 0.465. The molecule has 1 rings (SSSR count). The van der Waals surface area contributed by atoms with Crippen molar-refractivity contribution < 1.29 is 42.3 Å². The van der Waals surface area contributed by atoms with Gasteiger partial charge in [-0.25, -0.2) is 0 Å². The van der Waals surface area contributed by atoms with Crippen molar-refractivity contribution in [1.82, 2.24) is 0 Å². The van der Waals surface area contributed by atoms with E-state index in [0.717, 1.165) is 0 Å². The zero-order valence-corrected chi connectivity index (χ0v) is 7.09. The van der Waals surface area contributed by atoms with Gasteiger partial charge in [0.1, 0.15) is 0 Å². The standard InChI is InChI=1S/C4H5NO2.Y/c6-3-1-2-4(7)5-3;/h1-2H2,(H,5,6,7);/p-1. The summed E-state index contributed by atoms with van der Waals surface area (Å²) in [7, 11) is 0. The van der Waals surface area contributed by atoms with Gasteiger partial charge < -0.3 is 14.9 Å². The average molecular weight is 187 g/mol.